The fourth-order valence-electron chi connectivity index (χ4n) is 1.09. The van der Waals surface area contributed by atoms with E-state index in [1.54, 1.807) is 12.3 Å². The zero-order valence-electron chi connectivity index (χ0n) is 7.35. The normalized spacial score (nSPS) is 10.4. The molecule has 14 heavy (non-hydrogen) atoms. The van der Waals surface area contributed by atoms with Gasteiger partial charge in [-0.05, 0) is 13.0 Å². The molecule has 0 aliphatic carbocycles. The number of rotatable bonds is 2. The van der Waals surface area contributed by atoms with Crippen molar-refractivity contribution in [1.82, 2.24) is 9.97 Å². The first kappa shape index (κ1) is 8.89. The average molecular weight is 209 g/mol. The van der Waals surface area contributed by atoms with E-state index < -0.39 is 4.92 Å². The molecule has 0 radical (unpaired) electrons. The number of nitrogens with one attached hydrogen (secondary N) is 1. The van der Waals surface area contributed by atoms with Gasteiger partial charge in [0.2, 0.25) is 0 Å². The lowest BCUT2D eigenvalue weighted by Gasteiger charge is -1.86. The number of aryl methyl sites for hydroxylation is 1. The summed E-state index contributed by atoms with van der Waals surface area (Å²) in [7, 11) is 0. The number of hydrogen-bond acceptors (Lipinski definition) is 4. The number of thiophene rings is 1. The lowest BCUT2D eigenvalue weighted by molar-refractivity contribution is -0.380. The maximum Gasteiger partial charge on any atom is 0.324 e. The van der Waals surface area contributed by atoms with E-state index in [2.05, 4.69) is 9.97 Å². The number of imidazole rings is 1. The summed E-state index contributed by atoms with van der Waals surface area (Å²) < 4.78 is 0. The van der Waals surface area contributed by atoms with E-state index in [0.29, 0.717) is 5.82 Å². The number of H-pyrrole nitrogens is 1. The lowest BCUT2D eigenvalue weighted by atomic mass is 10.4. The van der Waals surface area contributed by atoms with Crippen LogP contribution in [0.25, 0.3) is 10.7 Å². The summed E-state index contributed by atoms with van der Waals surface area (Å²) in [5.74, 6) is 0.681. The number of aromatic amines is 1. The molecule has 0 fully saturated rings. The second kappa shape index (κ2) is 3.22. The van der Waals surface area contributed by atoms with Crippen LogP contribution in [0.5, 0.6) is 0 Å². The van der Waals surface area contributed by atoms with Gasteiger partial charge in [-0.3, -0.25) is 10.1 Å². The van der Waals surface area contributed by atoms with E-state index in [4.69, 9.17) is 0 Å². The van der Waals surface area contributed by atoms with Crippen molar-refractivity contribution < 1.29 is 4.92 Å². The predicted octanol–water partition coefficient (Wildman–Crippen LogP) is 2.35. The Morgan fingerprint density at radius 3 is 2.86 bits per heavy atom. The van der Waals surface area contributed by atoms with Crippen molar-refractivity contribution in [1.29, 1.82) is 0 Å². The van der Waals surface area contributed by atoms with Gasteiger partial charge >= 0.3 is 5.00 Å². The summed E-state index contributed by atoms with van der Waals surface area (Å²) in [4.78, 5) is 17.9. The minimum Gasteiger partial charge on any atom is -0.341 e. The third kappa shape index (κ3) is 1.51. The third-order valence-electron chi connectivity index (χ3n) is 1.71. The molecule has 6 heteroatoms. The van der Waals surface area contributed by atoms with Crippen LogP contribution in [0.4, 0.5) is 5.00 Å². The van der Waals surface area contributed by atoms with Crippen LogP contribution in [-0.2, 0) is 0 Å². The van der Waals surface area contributed by atoms with Gasteiger partial charge in [0.25, 0.3) is 0 Å². The van der Waals surface area contributed by atoms with Gasteiger partial charge in [0.15, 0.2) is 0 Å². The molecule has 0 spiro atoms. The molecule has 0 aliphatic heterocycles. The zero-order chi connectivity index (χ0) is 10.1. The smallest absolute Gasteiger partial charge is 0.324 e. The number of hydrogen-bond donors (Lipinski definition) is 1. The first-order valence-electron chi connectivity index (χ1n) is 3.93. The van der Waals surface area contributed by atoms with Crippen molar-refractivity contribution in [2.75, 3.05) is 0 Å². The molecule has 0 unspecified atom stereocenters. The highest BCUT2D eigenvalue weighted by molar-refractivity contribution is 7.18. The van der Waals surface area contributed by atoms with Crippen LogP contribution in [0.3, 0.4) is 0 Å². The highest BCUT2D eigenvalue weighted by atomic mass is 32.1. The molecule has 5 nitrogen and oxygen atoms in total. The largest absolute Gasteiger partial charge is 0.341 e. The van der Waals surface area contributed by atoms with Crippen molar-refractivity contribution in [3.8, 4) is 10.7 Å². The molecule has 2 rings (SSSR count). The molecule has 0 amide bonds. The monoisotopic (exact) mass is 209 g/mol. The van der Waals surface area contributed by atoms with Gasteiger partial charge in [0, 0.05) is 18.0 Å². The molecule has 2 aromatic rings. The summed E-state index contributed by atoms with van der Waals surface area (Å²) in [6, 6.07) is 3.18. The van der Waals surface area contributed by atoms with Gasteiger partial charge in [-0.25, -0.2) is 4.98 Å². The Hall–Kier alpha value is -1.69. The van der Waals surface area contributed by atoms with Gasteiger partial charge in [-0.1, -0.05) is 11.3 Å². The molecule has 2 aromatic heterocycles. The van der Waals surface area contributed by atoms with E-state index in [-0.39, 0.29) is 5.00 Å². The van der Waals surface area contributed by atoms with Crippen LogP contribution >= 0.6 is 11.3 Å². The Labute approximate surface area is 83.6 Å². The highest BCUT2D eigenvalue weighted by Crippen LogP contribution is 2.30. The van der Waals surface area contributed by atoms with Crippen molar-refractivity contribution in [2.24, 2.45) is 0 Å². The van der Waals surface area contributed by atoms with Gasteiger partial charge < -0.3 is 4.98 Å². The summed E-state index contributed by atoms with van der Waals surface area (Å²) in [6.45, 7) is 1.89. The third-order valence-corrected chi connectivity index (χ3v) is 2.75. The fraction of sp³-hybridized carbons (Fsp3) is 0.125. The van der Waals surface area contributed by atoms with Crippen molar-refractivity contribution >= 4 is 16.3 Å². The molecular formula is C8H7N3O2S. The molecule has 72 valence electrons. The van der Waals surface area contributed by atoms with E-state index in [1.807, 2.05) is 6.92 Å². The molecule has 0 bridgehead atoms. The van der Waals surface area contributed by atoms with Gasteiger partial charge in [0.1, 0.15) is 5.82 Å². The van der Waals surface area contributed by atoms with E-state index in [9.17, 15) is 10.1 Å². The molecule has 0 atom stereocenters. The van der Waals surface area contributed by atoms with E-state index in [0.717, 1.165) is 21.9 Å². The van der Waals surface area contributed by atoms with Gasteiger partial charge in [-0.15, -0.1) is 0 Å². The first-order valence-corrected chi connectivity index (χ1v) is 4.74. The Kier molecular flexibility index (Phi) is 2.05. The number of nitro groups is 1. The maximum atomic E-state index is 10.4. The molecule has 2 heterocycles. The molecule has 1 N–H and O–H groups in total. The zero-order valence-corrected chi connectivity index (χ0v) is 8.17. The van der Waals surface area contributed by atoms with Crippen LogP contribution in [-0.4, -0.2) is 14.9 Å². The van der Waals surface area contributed by atoms with Crippen LogP contribution in [0, 0.1) is 17.0 Å². The average Bonchev–Trinajstić information content (AvgIpc) is 2.70. The Morgan fingerprint density at radius 1 is 1.57 bits per heavy atom. The lowest BCUT2D eigenvalue weighted by Crippen LogP contribution is -1.80. The second-order valence-electron chi connectivity index (χ2n) is 2.81. The quantitative estimate of drug-likeness (QED) is 0.609. The Morgan fingerprint density at radius 2 is 2.36 bits per heavy atom. The second-order valence-corrected chi connectivity index (χ2v) is 3.87. The van der Waals surface area contributed by atoms with Gasteiger partial charge in [0.05, 0.1) is 9.80 Å². The molecule has 0 saturated heterocycles. The number of aromatic nitrogens is 2. The Bertz CT molecular complexity index is 474. The maximum absolute atomic E-state index is 10.4. The Balaban J connectivity index is 2.38. The van der Waals surface area contributed by atoms with Crippen LogP contribution in [0.2, 0.25) is 0 Å². The van der Waals surface area contributed by atoms with Crippen molar-refractivity contribution in [3.05, 3.63) is 34.1 Å². The summed E-state index contributed by atoms with van der Waals surface area (Å²) in [6.07, 6.45) is 1.70. The summed E-state index contributed by atoms with van der Waals surface area (Å²) >= 11 is 1.11. The SMILES string of the molecule is Cc1cnc(-c2ccc([N+](=O)[O-])s2)[nH]1. The summed E-state index contributed by atoms with van der Waals surface area (Å²) in [5, 5.41) is 10.6. The van der Waals surface area contributed by atoms with Crippen LogP contribution in [0.1, 0.15) is 5.69 Å². The molecule has 0 saturated carbocycles. The topological polar surface area (TPSA) is 71.8 Å². The van der Waals surface area contributed by atoms with Gasteiger partial charge in [-0.2, -0.15) is 0 Å². The van der Waals surface area contributed by atoms with E-state index in [1.165, 1.54) is 6.07 Å². The fourth-order valence-corrected chi connectivity index (χ4v) is 1.86. The first-order chi connectivity index (χ1) is 6.66. The highest BCUT2D eigenvalue weighted by Gasteiger charge is 2.12. The minimum atomic E-state index is -0.399. The van der Waals surface area contributed by atoms with Crippen LogP contribution in [0.15, 0.2) is 18.3 Å². The van der Waals surface area contributed by atoms with Crippen molar-refractivity contribution in [3.63, 3.8) is 0 Å². The van der Waals surface area contributed by atoms with Crippen molar-refractivity contribution in [2.45, 2.75) is 6.92 Å². The standard InChI is InChI=1S/C8H7N3O2S/c1-5-4-9-8(10-5)6-2-3-7(14-6)11(12)13/h2-4H,1H3,(H,9,10). The molecule has 0 aliphatic rings. The summed E-state index contributed by atoms with van der Waals surface area (Å²) in [5.41, 5.74) is 0.941. The molecular weight excluding hydrogens is 202 g/mol. The minimum absolute atomic E-state index is 0.133. The molecule has 0 aromatic carbocycles. The predicted molar refractivity (Wildman–Crippen MR) is 53.3 cm³/mol. The van der Waals surface area contributed by atoms with Crippen LogP contribution < -0.4 is 0 Å². The van der Waals surface area contributed by atoms with E-state index >= 15 is 0 Å². The number of nitrogens with zero attached hydrogens (tertiary/aromatic N) is 2.